The fourth-order valence-corrected chi connectivity index (χ4v) is 6.29. The summed E-state index contributed by atoms with van der Waals surface area (Å²) in [5.41, 5.74) is 1.99. The predicted octanol–water partition coefficient (Wildman–Crippen LogP) is 1.78. The van der Waals surface area contributed by atoms with Crippen molar-refractivity contribution < 1.29 is 18.0 Å². The Bertz CT molecular complexity index is 1040. The van der Waals surface area contributed by atoms with Crippen molar-refractivity contribution in [3.63, 3.8) is 0 Å². The number of rotatable bonds is 3. The zero-order chi connectivity index (χ0) is 20.6. The van der Waals surface area contributed by atoms with E-state index < -0.39 is 20.5 Å². The number of hydrogen-bond acceptors (Lipinski definition) is 5. The van der Waals surface area contributed by atoms with Crippen LogP contribution in [-0.4, -0.2) is 58.7 Å². The highest BCUT2D eigenvalue weighted by molar-refractivity contribution is 7.93. The molecule has 1 aromatic heterocycles. The van der Waals surface area contributed by atoms with E-state index in [9.17, 15) is 18.0 Å². The first-order valence-electron chi connectivity index (χ1n) is 9.62. The maximum atomic E-state index is 13.0. The smallest absolute Gasteiger partial charge is 0.272 e. The number of hydrogen-bond donors (Lipinski definition) is 0. The molecule has 0 N–H and O–H groups in total. The van der Waals surface area contributed by atoms with Crippen LogP contribution in [0.25, 0.3) is 0 Å². The lowest BCUT2D eigenvalue weighted by atomic mass is 10.0. The lowest BCUT2D eigenvalue weighted by Crippen LogP contribution is -2.56. The van der Waals surface area contributed by atoms with Gasteiger partial charge in [0.1, 0.15) is 16.3 Å². The Kier molecular flexibility index (Phi) is 4.90. The SMILES string of the molecule is Cc1cccc(C(=O)N2CCC3(CC2)N(Cc2ccccc2)C(=O)CS3(=O)=O)n1. The number of nitrogens with zero attached hydrogens (tertiary/aromatic N) is 3. The van der Waals surface area contributed by atoms with E-state index in [1.807, 2.05) is 43.3 Å². The Labute approximate surface area is 170 Å². The third-order valence-electron chi connectivity index (χ3n) is 5.81. The molecule has 0 radical (unpaired) electrons. The quantitative estimate of drug-likeness (QED) is 0.765. The van der Waals surface area contributed by atoms with Gasteiger partial charge in [-0.25, -0.2) is 13.4 Å². The number of likely N-dealkylation sites (tertiary alicyclic amines) is 1. The van der Waals surface area contributed by atoms with Gasteiger partial charge < -0.3 is 9.80 Å². The average molecular weight is 413 g/mol. The van der Waals surface area contributed by atoms with Crippen LogP contribution in [0.1, 0.15) is 34.6 Å². The summed E-state index contributed by atoms with van der Waals surface area (Å²) >= 11 is 0. The van der Waals surface area contributed by atoms with Gasteiger partial charge in [-0.2, -0.15) is 0 Å². The van der Waals surface area contributed by atoms with Crippen molar-refractivity contribution in [3.05, 3.63) is 65.5 Å². The monoisotopic (exact) mass is 413 g/mol. The number of carbonyl (C=O) groups is 2. The van der Waals surface area contributed by atoms with E-state index in [1.54, 1.807) is 17.0 Å². The van der Waals surface area contributed by atoms with E-state index in [0.717, 1.165) is 11.3 Å². The average Bonchev–Trinajstić information content (AvgIpc) is 2.88. The lowest BCUT2D eigenvalue weighted by molar-refractivity contribution is -0.131. The third kappa shape index (κ3) is 3.42. The minimum Gasteiger partial charge on any atom is -0.337 e. The molecule has 2 aliphatic rings. The first-order chi connectivity index (χ1) is 13.8. The standard InChI is InChI=1S/C21H23N3O4S/c1-16-6-5-9-18(22-16)20(26)23-12-10-21(11-13-23)24(19(25)15-29(21,27)28)14-17-7-3-2-4-8-17/h2-9H,10-15H2,1H3. The topological polar surface area (TPSA) is 87.7 Å². The van der Waals surface area contributed by atoms with Crippen LogP contribution < -0.4 is 0 Å². The Balaban J connectivity index is 1.57. The fourth-order valence-electron chi connectivity index (χ4n) is 4.23. The second-order valence-corrected chi connectivity index (χ2v) is 9.91. The van der Waals surface area contributed by atoms with Gasteiger partial charge in [0.05, 0.1) is 0 Å². The van der Waals surface area contributed by atoms with Crippen LogP contribution >= 0.6 is 0 Å². The molecule has 2 aliphatic heterocycles. The van der Waals surface area contributed by atoms with Crippen molar-refractivity contribution in [2.75, 3.05) is 18.8 Å². The summed E-state index contributed by atoms with van der Waals surface area (Å²) in [7, 11) is -3.63. The van der Waals surface area contributed by atoms with Crippen LogP contribution in [0.2, 0.25) is 0 Å². The predicted molar refractivity (Wildman–Crippen MR) is 108 cm³/mol. The number of amides is 2. The molecule has 7 nitrogen and oxygen atoms in total. The first kappa shape index (κ1) is 19.6. The maximum absolute atomic E-state index is 13.0. The highest BCUT2D eigenvalue weighted by Crippen LogP contribution is 2.41. The lowest BCUT2D eigenvalue weighted by Gasteiger charge is -2.43. The van der Waals surface area contributed by atoms with Crippen molar-refractivity contribution in [1.29, 1.82) is 0 Å². The molecular formula is C21H23N3O4S. The molecule has 1 aromatic carbocycles. The van der Waals surface area contributed by atoms with Gasteiger partial charge in [0.15, 0.2) is 9.84 Å². The molecule has 2 amide bonds. The molecule has 1 spiro atoms. The fraction of sp³-hybridized carbons (Fsp3) is 0.381. The molecule has 152 valence electrons. The number of pyridine rings is 1. The van der Waals surface area contributed by atoms with Crippen LogP contribution in [0.3, 0.4) is 0 Å². The van der Waals surface area contributed by atoms with E-state index in [2.05, 4.69) is 4.98 Å². The van der Waals surface area contributed by atoms with Crippen LogP contribution in [0.4, 0.5) is 0 Å². The molecule has 2 fully saturated rings. The molecule has 8 heteroatoms. The molecule has 0 bridgehead atoms. The molecule has 0 unspecified atom stereocenters. The molecule has 29 heavy (non-hydrogen) atoms. The molecule has 4 rings (SSSR count). The first-order valence-corrected chi connectivity index (χ1v) is 11.3. The Morgan fingerprint density at radius 3 is 2.41 bits per heavy atom. The summed E-state index contributed by atoms with van der Waals surface area (Å²) in [6.07, 6.45) is 0.428. The minimum atomic E-state index is -3.63. The van der Waals surface area contributed by atoms with Crippen molar-refractivity contribution >= 4 is 21.7 Å². The van der Waals surface area contributed by atoms with Gasteiger partial charge in [0.2, 0.25) is 5.91 Å². The molecule has 0 aliphatic carbocycles. The van der Waals surface area contributed by atoms with E-state index in [-0.39, 0.29) is 44.3 Å². The van der Waals surface area contributed by atoms with Gasteiger partial charge in [-0.05, 0) is 24.6 Å². The summed E-state index contributed by atoms with van der Waals surface area (Å²) in [6.45, 7) is 2.62. The number of piperidine rings is 1. The normalized spacial score (nSPS) is 20.2. The number of carbonyl (C=O) groups excluding carboxylic acids is 2. The second kappa shape index (κ2) is 7.26. The van der Waals surface area contributed by atoms with Crippen molar-refractivity contribution in [1.82, 2.24) is 14.8 Å². The molecular weight excluding hydrogens is 390 g/mol. The van der Waals surface area contributed by atoms with Gasteiger partial charge in [0, 0.05) is 38.2 Å². The van der Waals surface area contributed by atoms with Crippen molar-refractivity contribution in [3.8, 4) is 0 Å². The van der Waals surface area contributed by atoms with E-state index >= 15 is 0 Å². The number of sulfone groups is 1. The number of benzene rings is 1. The molecule has 2 aromatic rings. The summed E-state index contributed by atoms with van der Waals surface area (Å²) < 4.78 is 25.9. The summed E-state index contributed by atoms with van der Waals surface area (Å²) in [5.74, 6) is -1.04. The molecule has 2 saturated heterocycles. The third-order valence-corrected chi connectivity index (χ3v) is 8.22. The van der Waals surface area contributed by atoms with E-state index in [4.69, 9.17) is 0 Å². The van der Waals surface area contributed by atoms with Crippen LogP contribution in [0, 0.1) is 6.92 Å². The van der Waals surface area contributed by atoms with Crippen LogP contribution in [0.15, 0.2) is 48.5 Å². The van der Waals surface area contributed by atoms with Crippen LogP contribution in [-0.2, 0) is 21.2 Å². The maximum Gasteiger partial charge on any atom is 0.272 e. The Morgan fingerprint density at radius 2 is 1.76 bits per heavy atom. The zero-order valence-corrected chi connectivity index (χ0v) is 17.1. The van der Waals surface area contributed by atoms with Crippen LogP contribution in [0.5, 0.6) is 0 Å². The van der Waals surface area contributed by atoms with E-state index in [1.165, 1.54) is 4.90 Å². The van der Waals surface area contributed by atoms with Gasteiger partial charge >= 0.3 is 0 Å². The van der Waals surface area contributed by atoms with Crippen molar-refractivity contribution in [2.24, 2.45) is 0 Å². The molecule has 3 heterocycles. The van der Waals surface area contributed by atoms with Gasteiger partial charge in [-0.3, -0.25) is 9.59 Å². The van der Waals surface area contributed by atoms with Gasteiger partial charge in [0.25, 0.3) is 5.91 Å². The Morgan fingerprint density at radius 1 is 1.07 bits per heavy atom. The number of aryl methyl sites for hydroxylation is 1. The largest absolute Gasteiger partial charge is 0.337 e. The highest BCUT2D eigenvalue weighted by atomic mass is 32.2. The summed E-state index contributed by atoms with van der Waals surface area (Å²) in [6, 6.07) is 14.6. The van der Waals surface area contributed by atoms with Gasteiger partial charge in [-0.15, -0.1) is 0 Å². The van der Waals surface area contributed by atoms with Crippen molar-refractivity contribution in [2.45, 2.75) is 31.2 Å². The Hall–Kier alpha value is -2.74. The molecule has 0 saturated carbocycles. The highest BCUT2D eigenvalue weighted by Gasteiger charge is 2.58. The van der Waals surface area contributed by atoms with E-state index in [0.29, 0.717) is 5.69 Å². The summed E-state index contributed by atoms with van der Waals surface area (Å²) in [5, 5.41) is 0. The molecule has 0 atom stereocenters. The van der Waals surface area contributed by atoms with Gasteiger partial charge in [-0.1, -0.05) is 36.4 Å². The minimum absolute atomic E-state index is 0.208. The number of aromatic nitrogens is 1. The second-order valence-electron chi connectivity index (χ2n) is 7.63. The summed E-state index contributed by atoms with van der Waals surface area (Å²) in [4.78, 5) is 31.6. The zero-order valence-electron chi connectivity index (χ0n) is 16.2.